The summed E-state index contributed by atoms with van der Waals surface area (Å²) in [4.78, 5) is 10.1. The number of sulfone groups is 1. The Labute approximate surface area is 206 Å². The van der Waals surface area contributed by atoms with Gasteiger partial charge in [-0.3, -0.25) is 4.99 Å². The van der Waals surface area contributed by atoms with Gasteiger partial charge in [-0.1, -0.05) is 19.1 Å². The second-order valence-electron chi connectivity index (χ2n) is 7.84. The van der Waals surface area contributed by atoms with Crippen LogP contribution in [0.2, 0.25) is 0 Å². The van der Waals surface area contributed by atoms with E-state index in [1.165, 1.54) is 45.4 Å². The van der Waals surface area contributed by atoms with Gasteiger partial charge >= 0.3 is 0 Å². The Morgan fingerprint density at radius 3 is 2.23 bits per heavy atom. The molecule has 2 N–H and O–H groups in total. The minimum Gasteiger partial charge on any atom is -0.357 e. The fourth-order valence-electron chi connectivity index (χ4n) is 3.54. The van der Waals surface area contributed by atoms with Crippen LogP contribution < -0.4 is 10.6 Å². The molecule has 1 aromatic rings. The normalized spacial score (nSPS) is 16.0. The lowest BCUT2D eigenvalue weighted by atomic mass is 10.1. The van der Waals surface area contributed by atoms with Crippen LogP contribution in [0.4, 0.5) is 0 Å². The number of rotatable bonds is 11. The summed E-state index contributed by atoms with van der Waals surface area (Å²) in [6.45, 7) is 13.8. The van der Waals surface area contributed by atoms with Crippen LogP contribution in [0.5, 0.6) is 0 Å². The average molecular weight is 566 g/mol. The molecule has 1 aliphatic heterocycles. The molecule has 0 radical (unpaired) electrons. The number of unbranched alkanes of at least 4 members (excludes halogenated alkanes) is 1. The predicted molar refractivity (Wildman–Crippen MR) is 140 cm³/mol. The van der Waals surface area contributed by atoms with Gasteiger partial charge in [0, 0.05) is 52.1 Å². The van der Waals surface area contributed by atoms with Crippen LogP contribution >= 0.6 is 24.0 Å². The van der Waals surface area contributed by atoms with Gasteiger partial charge in [-0.05, 0) is 57.0 Å². The molecule has 178 valence electrons. The quantitative estimate of drug-likeness (QED) is 0.186. The molecule has 31 heavy (non-hydrogen) atoms. The van der Waals surface area contributed by atoms with E-state index in [9.17, 15) is 8.42 Å². The monoisotopic (exact) mass is 565 g/mol. The first kappa shape index (κ1) is 28.1. The molecule has 1 aliphatic rings. The molecule has 0 aliphatic carbocycles. The Kier molecular flexibility index (Phi) is 13.6. The van der Waals surface area contributed by atoms with Crippen molar-refractivity contribution in [2.75, 3.05) is 65.2 Å². The second-order valence-corrected chi connectivity index (χ2v) is 9.85. The third-order valence-corrected chi connectivity index (χ3v) is 6.59. The molecule has 0 bridgehead atoms. The Bertz CT molecular complexity index is 748. The zero-order chi connectivity index (χ0) is 21.8. The molecule has 0 amide bonds. The van der Waals surface area contributed by atoms with Crippen LogP contribution in [0, 0.1) is 0 Å². The van der Waals surface area contributed by atoms with Crippen LogP contribution in [0.3, 0.4) is 0 Å². The fourth-order valence-corrected chi connectivity index (χ4v) is 4.17. The minimum absolute atomic E-state index is 0. The number of aliphatic imine (C=N–C) groups is 1. The van der Waals surface area contributed by atoms with Crippen LogP contribution in [0.1, 0.15) is 32.3 Å². The molecule has 0 atom stereocenters. The molecule has 1 saturated heterocycles. The number of halogens is 1. The van der Waals surface area contributed by atoms with Gasteiger partial charge in [0.25, 0.3) is 0 Å². The Morgan fingerprint density at radius 2 is 1.65 bits per heavy atom. The largest absolute Gasteiger partial charge is 0.357 e. The van der Waals surface area contributed by atoms with Crippen molar-refractivity contribution in [3.8, 4) is 0 Å². The first-order valence-corrected chi connectivity index (χ1v) is 13.1. The molecule has 1 fully saturated rings. The van der Waals surface area contributed by atoms with Gasteiger partial charge in [-0.25, -0.2) is 8.42 Å². The highest BCUT2D eigenvalue weighted by molar-refractivity contribution is 14.0. The summed E-state index contributed by atoms with van der Waals surface area (Å²) in [7, 11) is -3.14. The zero-order valence-electron chi connectivity index (χ0n) is 19.3. The van der Waals surface area contributed by atoms with Gasteiger partial charge in [-0.2, -0.15) is 0 Å². The molecule has 2 rings (SSSR count). The zero-order valence-corrected chi connectivity index (χ0v) is 22.4. The molecule has 7 nitrogen and oxygen atoms in total. The second kappa shape index (κ2) is 15.0. The van der Waals surface area contributed by atoms with E-state index in [0.29, 0.717) is 4.90 Å². The van der Waals surface area contributed by atoms with Crippen molar-refractivity contribution in [2.45, 2.75) is 38.0 Å². The van der Waals surface area contributed by atoms with Gasteiger partial charge < -0.3 is 20.4 Å². The summed E-state index contributed by atoms with van der Waals surface area (Å²) in [6, 6.07) is 7.10. The van der Waals surface area contributed by atoms with Crippen LogP contribution in [-0.2, 0) is 16.3 Å². The number of hydrogen-bond acceptors (Lipinski definition) is 5. The summed E-state index contributed by atoms with van der Waals surface area (Å²) in [5, 5.41) is 6.66. The molecule has 9 heteroatoms. The van der Waals surface area contributed by atoms with Crippen LogP contribution in [0.15, 0.2) is 34.2 Å². The smallest absolute Gasteiger partial charge is 0.191 e. The molecular formula is C22H40IN5O2S. The summed E-state index contributed by atoms with van der Waals surface area (Å²) < 4.78 is 23.1. The summed E-state index contributed by atoms with van der Waals surface area (Å²) in [5.74, 6) is 0.849. The standard InChI is InChI=1S/C22H39N5O2S.HI/c1-4-23-22(24-13-6-7-15-27-18-16-26(5-2)17-19-27)25-14-12-20-8-10-21(11-9-20)30(3,28)29;/h8-11H,4-7,12-19H2,1-3H3,(H2,23,24,25);1H. The number of likely N-dealkylation sites (N-methyl/N-ethyl adjacent to an activating group) is 1. The molecule has 0 spiro atoms. The highest BCUT2D eigenvalue weighted by Gasteiger charge is 2.14. The molecular weight excluding hydrogens is 525 g/mol. The van der Waals surface area contributed by atoms with Crippen molar-refractivity contribution in [1.82, 2.24) is 20.4 Å². The number of guanidine groups is 1. The SMILES string of the molecule is CCNC(=NCCCCN1CCN(CC)CC1)NCCc1ccc(S(C)(=O)=O)cc1.I. The first-order valence-electron chi connectivity index (χ1n) is 11.2. The van der Waals surface area contributed by atoms with E-state index in [2.05, 4.69) is 39.3 Å². The topological polar surface area (TPSA) is 77.0 Å². The Hall–Kier alpha value is -0.910. The maximum atomic E-state index is 11.5. The lowest BCUT2D eigenvalue weighted by Crippen LogP contribution is -2.46. The average Bonchev–Trinajstić information content (AvgIpc) is 2.73. The van der Waals surface area contributed by atoms with Crippen LogP contribution in [0.25, 0.3) is 0 Å². The van der Waals surface area contributed by atoms with Crippen molar-refractivity contribution < 1.29 is 8.42 Å². The molecule has 0 aromatic heterocycles. The molecule has 1 heterocycles. The number of nitrogens with zero attached hydrogens (tertiary/aromatic N) is 3. The summed E-state index contributed by atoms with van der Waals surface area (Å²) in [6.07, 6.45) is 4.33. The highest BCUT2D eigenvalue weighted by atomic mass is 127. The highest BCUT2D eigenvalue weighted by Crippen LogP contribution is 2.10. The lowest BCUT2D eigenvalue weighted by molar-refractivity contribution is 0.136. The van der Waals surface area contributed by atoms with Gasteiger partial charge in [0.05, 0.1) is 4.90 Å². The van der Waals surface area contributed by atoms with E-state index in [0.717, 1.165) is 50.5 Å². The number of piperazine rings is 1. The van der Waals surface area contributed by atoms with Gasteiger partial charge in [0.2, 0.25) is 0 Å². The number of hydrogen-bond donors (Lipinski definition) is 2. The van der Waals surface area contributed by atoms with E-state index in [1.807, 2.05) is 12.1 Å². The Balaban J connectivity index is 0.00000480. The first-order chi connectivity index (χ1) is 14.4. The number of benzene rings is 1. The van der Waals surface area contributed by atoms with Crippen molar-refractivity contribution in [1.29, 1.82) is 0 Å². The lowest BCUT2D eigenvalue weighted by Gasteiger charge is -2.33. The van der Waals surface area contributed by atoms with Crippen LogP contribution in [-0.4, -0.2) is 89.3 Å². The third kappa shape index (κ3) is 11.0. The van der Waals surface area contributed by atoms with E-state index in [-0.39, 0.29) is 24.0 Å². The summed E-state index contributed by atoms with van der Waals surface area (Å²) >= 11 is 0. The third-order valence-electron chi connectivity index (χ3n) is 5.47. The van der Waals surface area contributed by atoms with E-state index in [1.54, 1.807) is 12.1 Å². The van der Waals surface area contributed by atoms with E-state index >= 15 is 0 Å². The molecule has 0 saturated carbocycles. The van der Waals surface area contributed by atoms with Crippen molar-refractivity contribution >= 4 is 39.8 Å². The molecule has 1 aromatic carbocycles. The Morgan fingerprint density at radius 1 is 1.00 bits per heavy atom. The van der Waals surface area contributed by atoms with E-state index < -0.39 is 9.84 Å². The maximum Gasteiger partial charge on any atom is 0.191 e. The van der Waals surface area contributed by atoms with Crippen molar-refractivity contribution in [3.05, 3.63) is 29.8 Å². The van der Waals surface area contributed by atoms with Gasteiger partial charge in [0.15, 0.2) is 15.8 Å². The number of nitrogens with one attached hydrogen (secondary N) is 2. The predicted octanol–water partition coefficient (Wildman–Crippen LogP) is 2.22. The minimum atomic E-state index is -3.14. The van der Waals surface area contributed by atoms with E-state index in [4.69, 9.17) is 0 Å². The summed E-state index contributed by atoms with van der Waals surface area (Å²) in [5.41, 5.74) is 1.11. The molecule has 0 unspecified atom stereocenters. The van der Waals surface area contributed by atoms with Gasteiger partial charge in [0.1, 0.15) is 0 Å². The maximum absolute atomic E-state index is 11.5. The van der Waals surface area contributed by atoms with Gasteiger partial charge in [-0.15, -0.1) is 24.0 Å². The fraction of sp³-hybridized carbons (Fsp3) is 0.682. The van der Waals surface area contributed by atoms with Crippen molar-refractivity contribution in [2.24, 2.45) is 4.99 Å². The van der Waals surface area contributed by atoms with Crippen molar-refractivity contribution in [3.63, 3.8) is 0 Å².